The third kappa shape index (κ3) is 4.94. The first-order valence-corrected chi connectivity index (χ1v) is 15.5. The summed E-state index contributed by atoms with van der Waals surface area (Å²) in [5.74, 6) is 0.670. The highest BCUT2D eigenvalue weighted by Crippen LogP contribution is 2.40. The molecule has 0 unspecified atom stereocenters. The van der Waals surface area contributed by atoms with Crippen LogP contribution in [0.4, 0.5) is 5.69 Å². The van der Waals surface area contributed by atoms with Gasteiger partial charge in [0.1, 0.15) is 23.7 Å². The van der Waals surface area contributed by atoms with E-state index in [4.69, 9.17) is 14.2 Å². The minimum Gasteiger partial charge on any atom is -0.489 e. The van der Waals surface area contributed by atoms with Gasteiger partial charge in [0.25, 0.3) is 15.9 Å². The maximum absolute atomic E-state index is 14.2. The minimum absolute atomic E-state index is 0.0250. The van der Waals surface area contributed by atoms with E-state index in [0.29, 0.717) is 63.7 Å². The standard InChI is InChI=1S/C33H26N4O6S/c34-19-23-16-21(7-9-30(23)43-24-11-14-41-15-12-24)26-10-13-35-33-27(26)18-29(37(33)44(39,40)25-4-2-1-3-5-25)22-6-8-28-31(17-22)42-20-32(38)36-28/h1-10,13,16-18,24H,11-12,14-15,20H2,(H,36,38). The Kier molecular flexibility index (Phi) is 7.00. The molecule has 3 aromatic carbocycles. The number of hydrogen-bond donors (Lipinski definition) is 1. The lowest BCUT2D eigenvalue weighted by atomic mass is 10.0. The summed E-state index contributed by atoms with van der Waals surface area (Å²) in [5, 5.41) is 13.3. The predicted octanol–water partition coefficient (Wildman–Crippen LogP) is 5.37. The number of carbonyl (C=O) groups excluding carboxylic acids is 1. The number of hydrogen-bond acceptors (Lipinski definition) is 8. The van der Waals surface area contributed by atoms with Crippen LogP contribution < -0.4 is 14.8 Å². The summed E-state index contributed by atoms with van der Waals surface area (Å²) in [7, 11) is -4.10. The summed E-state index contributed by atoms with van der Waals surface area (Å²) in [6, 6.07) is 24.5. The van der Waals surface area contributed by atoms with Crippen molar-refractivity contribution >= 4 is 32.7 Å². The average Bonchev–Trinajstić information content (AvgIpc) is 3.46. The van der Waals surface area contributed by atoms with Gasteiger partial charge in [0, 0.05) is 30.0 Å². The van der Waals surface area contributed by atoms with Crippen LogP contribution in [0.5, 0.6) is 11.5 Å². The number of amides is 1. The van der Waals surface area contributed by atoms with Gasteiger partial charge in [-0.3, -0.25) is 4.79 Å². The molecule has 0 bridgehead atoms. The van der Waals surface area contributed by atoms with Crippen molar-refractivity contribution in [3.8, 4) is 40.0 Å². The van der Waals surface area contributed by atoms with Gasteiger partial charge in [-0.2, -0.15) is 5.26 Å². The van der Waals surface area contributed by atoms with E-state index in [9.17, 15) is 18.5 Å². The summed E-state index contributed by atoms with van der Waals surface area (Å²) in [6.45, 7) is 1.11. The van der Waals surface area contributed by atoms with Crippen LogP contribution in [0.15, 0.2) is 90.0 Å². The number of benzene rings is 3. The molecule has 1 fully saturated rings. The molecule has 7 rings (SSSR count). The lowest BCUT2D eigenvalue weighted by Crippen LogP contribution is -2.26. The second-order valence-electron chi connectivity index (χ2n) is 10.5. The first kappa shape index (κ1) is 27.6. The molecule has 220 valence electrons. The molecular weight excluding hydrogens is 580 g/mol. The molecule has 2 aliphatic heterocycles. The van der Waals surface area contributed by atoms with Gasteiger partial charge in [0.05, 0.1) is 35.1 Å². The van der Waals surface area contributed by atoms with Crippen LogP contribution in [0.25, 0.3) is 33.4 Å². The van der Waals surface area contributed by atoms with E-state index in [1.165, 1.54) is 16.1 Å². The molecule has 4 heterocycles. The number of rotatable bonds is 6. The zero-order valence-corrected chi connectivity index (χ0v) is 24.2. The quantitative estimate of drug-likeness (QED) is 0.273. The Balaban J connectivity index is 1.39. The fourth-order valence-electron chi connectivity index (χ4n) is 5.56. The average molecular weight is 607 g/mol. The molecule has 2 aliphatic rings. The number of anilines is 1. The largest absolute Gasteiger partial charge is 0.489 e. The molecular formula is C33H26N4O6S. The fraction of sp³-hybridized carbons (Fsp3) is 0.182. The molecule has 44 heavy (non-hydrogen) atoms. The number of nitriles is 1. The van der Waals surface area contributed by atoms with Crippen molar-refractivity contribution in [2.45, 2.75) is 23.8 Å². The Morgan fingerprint density at radius 3 is 2.57 bits per heavy atom. The normalized spacial score (nSPS) is 15.2. The number of nitrogens with zero attached hydrogens (tertiary/aromatic N) is 3. The Morgan fingerprint density at radius 1 is 0.977 bits per heavy atom. The Labute approximate surface area is 253 Å². The van der Waals surface area contributed by atoms with Gasteiger partial charge in [-0.1, -0.05) is 30.3 Å². The maximum atomic E-state index is 14.2. The number of ether oxygens (including phenoxy) is 3. The molecule has 0 spiro atoms. The molecule has 5 aromatic rings. The van der Waals surface area contributed by atoms with Crippen molar-refractivity contribution in [2.24, 2.45) is 0 Å². The highest BCUT2D eigenvalue weighted by atomic mass is 32.2. The molecule has 11 heteroatoms. The summed E-state index contributed by atoms with van der Waals surface area (Å²) in [6.07, 6.45) is 3.04. The second-order valence-corrected chi connectivity index (χ2v) is 12.3. The van der Waals surface area contributed by atoms with Gasteiger partial charge < -0.3 is 19.5 Å². The zero-order valence-electron chi connectivity index (χ0n) is 23.4. The number of fused-ring (bicyclic) bond motifs is 2. The molecule has 0 saturated carbocycles. The molecule has 1 N–H and O–H groups in total. The Bertz CT molecular complexity index is 2060. The van der Waals surface area contributed by atoms with Crippen molar-refractivity contribution < 1.29 is 27.4 Å². The van der Waals surface area contributed by atoms with Gasteiger partial charge in [-0.15, -0.1) is 0 Å². The lowest BCUT2D eigenvalue weighted by Gasteiger charge is -2.23. The molecule has 10 nitrogen and oxygen atoms in total. The van der Waals surface area contributed by atoms with E-state index in [1.807, 2.05) is 6.07 Å². The van der Waals surface area contributed by atoms with Gasteiger partial charge in [-0.25, -0.2) is 17.4 Å². The molecule has 1 amide bonds. The number of carbonyl (C=O) groups is 1. The lowest BCUT2D eigenvalue weighted by molar-refractivity contribution is -0.118. The Hall–Kier alpha value is -5.18. The molecule has 0 aliphatic carbocycles. The number of aromatic nitrogens is 2. The van der Waals surface area contributed by atoms with Crippen molar-refractivity contribution in [3.05, 3.63) is 90.6 Å². The highest BCUT2D eigenvalue weighted by molar-refractivity contribution is 7.90. The topological polar surface area (TPSA) is 133 Å². The molecule has 2 aromatic heterocycles. The maximum Gasteiger partial charge on any atom is 0.269 e. The predicted molar refractivity (Wildman–Crippen MR) is 163 cm³/mol. The third-order valence-corrected chi connectivity index (χ3v) is 9.44. The van der Waals surface area contributed by atoms with Crippen LogP contribution in [-0.4, -0.2) is 49.2 Å². The van der Waals surface area contributed by atoms with Crippen molar-refractivity contribution in [2.75, 3.05) is 25.1 Å². The molecule has 1 saturated heterocycles. The summed E-state index contributed by atoms with van der Waals surface area (Å²) >= 11 is 0. The third-order valence-electron chi connectivity index (χ3n) is 7.73. The van der Waals surface area contributed by atoms with E-state index in [2.05, 4.69) is 16.4 Å². The highest BCUT2D eigenvalue weighted by Gasteiger charge is 2.27. The Morgan fingerprint density at radius 2 is 1.77 bits per heavy atom. The minimum atomic E-state index is -4.10. The number of pyridine rings is 1. The van der Waals surface area contributed by atoms with Crippen molar-refractivity contribution in [3.63, 3.8) is 0 Å². The van der Waals surface area contributed by atoms with E-state index in [0.717, 1.165) is 12.8 Å². The first-order valence-electron chi connectivity index (χ1n) is 14.1. The van der Waals surface area contributed by atoms with Gasteiger partial charge in [-0.05, 0) is 59.7 Å². The van der Waals surface area contributed by atoms with Gasteiger partial charge in [0.2, 0.25) is 0 Å². The fourth-order valence-corrected chi connectivity index (χ4v) is 7.07. The van der Waals surface area contributed by atoms with Crippen LogP contribution in [-0.2, 0) is 19.6 Å². The molecule has 0 radical (unpaired) electrons. The van der Waals surface area contributed by atoms with Crippen LogP contribution in [0, 0.1) is 11.3 Å². The smallest absolute Gasteiger partial charge is 0.269 e. The van der Waals surface area contributed by atoms with E-state index < -0.39 is 10.0 Å². The van der Waals surface area contributed by atoms with Crippen molar-refractivity contribution in [1.82, 2.24) is 8.96 Å². The summed E-state index contributed by atoms with van der Waals surface area (Å²) in [5.41, 5.74) is 3.45. The molecule has 0 atom stereocenters. The SMILES string of the molecule is N#Cc1cc(-c2ccnc3c2cc(-c2ccc4c(c2)OCC(=O)N4)n3S(=O)(=O)c2ccccc2)ccc1OC1CCOCC1. The first-order chi connectivity index (χ1) is 21.4. The number of nitrogens with one attached hydrogen (secondary N) is 1. The van der Waals surface area contributed by atoms with Crippen LogP contribution >= 0.6 is 0 Å². The van der Waals surface area contributed by atoms with E-state index in [-0.39, 0.29) is 29.2 Å². The van der Waals surface area contributed by atoms with Crippen LogP contribution in [0.2, 0.25) is 0 Å². The second kappa shape index (κ2) is 11.1. The van der Waals surface area contributed by atoms with E-state index in [1.54, 1.807) is 66.9 Å². The van der Waals surface area contributed by atoms with Crippen LogP contribution in [0.3, 0.4) is 0 Å². The van der Waals surface area contributed by atoms with Gasteiger partial charge >= 0.3 is 0 Å². The summed E-state index contributed by atoms with van der Waals surface area (Å²) < 4.78 is 46.8. The van der Waals surface area contributed by atoms with E-state index >= 15 is 0 Å². The van der Waals surface area contributed by atoms with Crippen molar-refractivity contribution in [1.29, 1.82) is 5.26 Å². The summed E-state index contributed by atoms with van der Waals surface area (Å²) in [4.78, 5) is 16.5. The van der Waals surface area contributed by atoms with Crippen LogP contribution in [0.1, 0.15) is 18.4 Å². The zero-order chi connectivity index (χ0) is 30.3. The van der Waals surface area contributed by atoms with Gasteiger partial charge in [0.15, 0.2) is 12.3 Å². The monoisotopic (exact) mass is 606 g/mol.